The first-order valence-corrected chi connectivity index (χ1v) is 5.65. The maximum absolute atomic E-state index is 11.8. The molecule has 0 saturated heterocycles. The molecule has 1 aliphatic rings. The van der Waals surface area contributed by atoms with Crippen molar-refractivity contribution in [1.29, 1.82) is 0 Å². The van der Waals surface area contributed by atoms with Crippen molar-refractivity contribution < 1.29 is 27.5 Å². The molecular formula is C12H12F3NO3. The van der Waals surface area contributed by atoms with Gasteiger partial charge in [-0.05, 0) is 18.1 Å². The van der Waals surface area contributed by atoms with Crippen LogP contribution in [0, 0.1) is 5.92 Å². The molecule has 1 heterocycles. The Bertz CT molecular complexity index is 462. The molecule has 0 bridgehead atoms. The third-order valence-corrected chi connectivity index (χ3v) is 2.66. The van der Waals surface area contributed by atoms with Crippen LogP contribution in [0.15, 0.2) is 24.3 Å². The number of halogens is 3. The summed E-state index contributed by atoms with van der Waals surface area (Å²) in [7, 11) is 0. The molecule has 2 rings (SSSR count). The number of hydrogen-bond acceptors (Lipinski definition) is 3. The number of hydrogen-bond donors (Lipinski definition) is 1. The summed E-state index contributed by atoms with van der Waals surface area (Å²) in [6, 6.07) is 7.21. The van der Waals surface area contributed by atoms with E-state index >= 15 is 0 Å². The Morgan fingerprint density at radius 1 is 1.42 bits per heavy atom. The molecule has 0 aliphatic carbocycles. The predicted octanol–water partition coefficient (Wildman–Crippen LogP) is 1.85. The summed E-state index contributed by atoms with van der Waals surface area (Å²) in [5.41, 5.74) is 2.65. The molecule has 0 aromatic heterocycles. The molecule has 7 heteroatoms. The van der Waals surface area contributed by atoms with Gasteiger partial charge in [-0.15, -0.1) is 0 Å². The number of hydroxylamine groups is 1. The number of fused-ring (bicyclic) bond motifs is 1. The molecule has 1 unspecified atom stereocenters. The average Bonchev–Trinajstić information content (AvgIpc) is 2.36. The van der Waals surface area contributed by atoms with Crippen LogP contribution in [-0.2, 0) is 16.1 Å². The lowest BCUT2D eigenvalue weighted by Gasteiger charge is -2.24. The molecule has 1 aliphatic heterocycles. The normalized spacial score (nSPS) is 18.4. The number of ether oxygens (including phenoxy) is 1. The summed E-state index contributed by atoms with van der Waals surface area (Å²) in [5.74, 6) is -0.468. The molecule has 1 amide bonds. The van der Waals surface area contributed by atoms with Gasteiger partial charge < -0.3 is 4.74 Å². The van der Waals surface area contributed by atoms with Crippen molar-refractivity contribution in [2.75, 3.05) is 13.2 Å². The molecule has 0 saturated carbocycles. The largest absolute Gasteiger partial charge is 0.492 e. The number of benzene rings is 1. The Hall–Kier alpha value is -1.76. The Kier molecular flexibility index (Phi) is 3.94. The molecule has 1 atom stereocenters. The molecule has 1 aromatic carbocycles. The number of nitrogens with one attached hydrogen (secondary N) is 1. The Balaban J connectivity index is 1.85. The lowest BCUT2D eigenvalue weighted by molar-refractivity contribution is -0.193. The zero-order valence-corrected chi connectivity index (χ0v) is 9.87. The van der Waals surface area contributed by atoms with Crippen LogP contribution in [0.3, 0.4) is 0 Å². The van der Waals surface area contributed by atoms with E-state index in [2.05, 4.69) is 4.84 Å². The van der Waals surface area contributed by atoms with Crippen molar-refractivity contribution in [3.8, 4) is 5.75 Å². The van der Waals surface area contributed by atoms with Crippen molar-refractivity contribution >= 4 is 5.91 Å². The van der Waals surface area contributed by atoms with Crippen molar-refractivity contribution in [3.63, 3.8) is 0 Å². The maximum atomic E-state index is 11.8. The van der Waals surface area contributed by atoms with Gasteiger partial charge in [-0.3, -0.25) is 9.63 Å². The Labute approximate surface area is 107 Å². The summed E-state index contributed by atoms with van der Waals surface area (Å²) >= 11 is 0. The first-order valence-electron chi connectivity index (χ1n) is 5.65. The fraction of sp³-hybridized carbons (Fsp3) is 0.417. The topological polar surface area (TPSA) is 47.6 Å². The molecule has 0 fully saturated rings. The fourth-order valence-corrected chi connectivity index (χ4v) is 1.77. The number of alkyl halides is 3. The van der Waals surface area contributed by atoms with Crippen LogP contribution in [0.1, 0.15) is 5.56 Å². The Morgan fingerprint density at radius 3 is 2.89 bits per heavy atom. The van der Waals surface area contributed by atoms with E-state index in [1.54, 1.807) is 11.5 Å². The summed E-state index contributed by atoms with van der Waals surface area (Å²) < 4.78 is 40.9. The van der Waals surface area contributed by atoms with E-state index in [0.717, 1.165) is 5.56 Å². The minimum absolute atomic E-state index is 0.123. The van der Waals surface area contributed by atoms with Gasteiger partial charge in [0.1, 0.15) is 12.4 Å². The number of carbonyl (C=O) groups is 1. The van der Waals surface area contributed by atoms with Gasteiger partial charge in [0.15, 0.2) is 6.61 Å². The van der Waals surface area contributed by atoms with E-state index in [9.17, 15) is 18.0 Å². The number of carbonyl (C=O) groups excluding carboxylic acids is 1. The van der Waals surface area contributed by atoms with E-state index in [0.29, 0.717) is 12.2 Å². The lowest BCUT2D eigenvalue weighted by atomic mass is 9.96. The fourth-order valence-electron chi connectivity index (χ4n) is 1.77. The molecule has 19 heavy (non-hydrogen) atoms. The molecule has 1 N–H and O–H groups in total. The molecule has 1 aromatic rings. The van der Waals surface area contributed by atoms with E-state index in [4.69, 9.17) is 4.74 Å². The summed E-state index contributed by atoms with van der Waals surface area (Å²) in [5, 5.41) is 0. The second-order valence-corrected chi connectivity index (χ2v) is 4.19. The first-order chi connectivity index (χ1) is 8.96. The lowest BCUT2D eigenvalue weighted by Crippen LogP contribution is -2.38. The van der Waals surface area contributed by atoms with Gasteiger partial charge in [0.25, 0.3) is 0 Å². The van der Waals surface area contributed by atoms with Crippen LogP contribution < -0.4 is 10.2 Å². The van der Waals surface area contributed by atoms with Gasteiger partial charge in [0.2, 0.25) is 5.91 Å². The van der Waals surface area contributed by atoms with E-state index in [1.807, 2.05) is 18.2 Å². The second-order valence-electron chi connectivity index (χ2n) is 4.19. The minimum Gasteiger partial charge on any atom is -0.492 e. The van der Waals surface area contributed by atoms with Gasteiger partial charge in [-0.25, -0.2) is 5.48 Å². The zero-order valence-electron chi connectivity index (χ0n) is 9.87. The monoisotopic (exact) mass is 275 g/mol. The van der Waals surface area contributed by atoms with E-state index in [-0.39, 0.29) is 6.61 Å². The van der Waals surface area contributed by atoms with Crippen molar-refractivity contribution in [2.24, 2.45) is 5.92 Å². The molecule has 4 nitrogen and oxygen atoms in total. The summed E-state index contributed by atoms with van der Waals surface area (Å²) in [6.07, 6.45) is -4.06. The number of rotatable bonds is 3. The van der Waals surface area contributed by atoms with Crippen LogP contribution in [-0.4, -0.2) is 25.3 Å². The predicted molar refractivity (Wildman–Crippen MR) is 59.3 cm³/mol. The van der Waals surface area contributed by atoms with Crippen LogP contribution in [0.5, 0.6) is 5.75 Å². The molecular weight excluding hydrogens is 263 g/mol. The first kappa shape index (κ1) is 13.7. The molecule has 0 spiro atoms. The minimum atomic E-state index is -4.47. The SMILES string of the molecule is O=C(NOCC(F)(F)F)C1COc2ccccc2C1. The standard InChI is InChI=1S/C12H12F3NO3/c13-12(14,15)7-19-16-11(17)9-5-8-3-1-2-4-10(8)18-6-9/h1-4,9H,5-7H2,(H,16,17). The van der Waals surface area contributed by atoms with Crippen LogP contribution >= 0.6 is 0 Å². The quantitative estimate of drug-likeness (QED) is 0.856. The smallest absolute Gasteiger partial charge is 0.414 e. The third kappa shape index (κ3) is 3.85. The van der Waals surface area contributed by atoms with Crippen molar-refractivity contribution in [3.05, 3.63) is 29.8 Å². The van der Waals surface area contributed by atoms with Gasteiger partial charge in [-0.1, -0.05) is 18.2 Å². The summed E-state index contributed by atoms with van der Waals surface area (Å²) in [4.78, 5) is 15.7. The van der Waals surface area contributed by atoms with Crippen LogP contribution in [0.2, 0.25) is 0 Å². The van der Waals surface area contributed by atoms with Crippen molar-refractivity contribution in [2.45, 2.75) is 12.6 Å². The molecule has 0 radical (unpaired) electrons. The number of para-hydroxylation sites is 1. The van der Waals surface area contributed by atoms with E-state index in [1.165, 1.54) is 0 Å². The average molecular weight is 275 g/mol. The van der Waals surface area contributed by atoms with E-state index < -0.39 is 24.6 Å². The van der Waals surface area contributed by atoms with Crippen molar-refractivity contribution in [1.82, 2.24) is 5.48 Å². The summed E-state index contributed by atoms with van der Waals surface area (Å²) in [6.45, 7) is -1.39. The third-order valence-electron chi connectivity index (χ3n) is 2.66. The highest BCUT2D eigenvalue weighted by Gasteiger charge is 2.30. The highest BCUT2D eigenvalue weighted by Crippen LogP contribution is 2.26. The van der Waals surface area contributed by atoms with Crippen LogP contribution in [0.4, 0.5) is 13.2 Å². The highest BCUT2D eigenvalue weighted by atomic mass is 19.4. The van der Waals surface area contributed by atoms with Gasteiger partial charge in [-0.2, -0.15) is 13.2 Å². The highest BCUT2D eigenvalue weighted by molar-refractivity contribution is 5.78. The number of amides is 1. The van der Waals surface area contributed by atoms with Gasteiger partial charge in [0.05, 0.1) is 5.92 Å². The molecule has 104 valence electrons. The zero-order chi connectivity index (χ0) is 13.9. The van der Waals surface area contributed by atoms with Gasteiger partial charge in [0, 0.05) is 0 Å². The van der Waals surface area contributed by atoms with Gasteiger partial charge >= 0.3 is 6.18 Å². The van der Waals surface area contributed by atoms with Crippen LogP contribution in [0.25, 0.3) is 0 Å². The Morgan fingerprint density at radius 2 is 2.16 bits per heavy atom. The second kappa shape index (κ2) is 5.48. The maximum Gasteiger partial charge on any atom is 0.414 e.